The zero-order valence-electron chi connectivity index (χ0n) is 13.7. The molecule has 130 valence electrons. The zero-order valence-corrected chi connectivity index (χ0v) is 13.7. The lowest BCUT2D eigenvalue weighted by Gasteiger charge is -2.08. The second-order valence-corrected chi connectivity index (χ2v) is 5.18. The van der Waals surface area contributed by atoms with E-state index in [1.54, 1.807) is 36.4 Å². The summed E-state index contributed by atoms with van der Waals surface area (Å²) in [6.07, 6.45) is 0.179. The van der Waals surface area contributed by atoms with Gasteiger partial charge in [-0.15, -0.1) is 0 Å². The van der Waals surface area contributed by atoms with Crippen molar-refractivity contribution in [2.24, 2.45) is 5.73 Å². The minimum absolute atomic E-state index is 0.173. The number of hydrogen-bond acceptors (Lipinski definition) is 5. The largest absolute Gasteiger partial charge is 0.484 e. The van der Waals surface area contributed by atoms with Crippen LogP contribution in [-0.4, -0.2) is 31.5 Å². The third kappa shape index (κ3) is 5.65. The molecule has 0 aliphatic carbocycles. The van der Waals surface area contributed by atoms with Crippen LogP contribution in [0.5, 0.6) is 5.75 Å². The van der Waals surface area contributed by atoms with E-state index in [0.29, 0.717) is 17.0 Å². The van der Waals surface area contributed by atoms with Crippen molar-refractivity contribution in [3.8, 4) is 5.75 Å². The van der Waals surface area contributed by atoms with Crippen molar-refractivity contribution in [2.45, 2.75) is 6.42 Å². The number of amides is 2. The highest BCUT2D eigenvalue weighted by atomic mass is 16.5. The minimum Gasteiger partial charge on any atom is -0.484 e. The quantitative estimate of drug-likeness (QED) is 0.742. The highest BCUT2D eigenvalue weighted by Crippen LogP contribution is 2.13. The summed E-state index contributed by atoms with van der Waals surface area (Å²) in [5.74, 6) is -0.689. The van der Waals surface area contributed by atoms with Crippen molar-refractivity contribution < 1.29 is 23.9 Å². The fourth-order valence-corrected chi connectivity index (χ4v) is 2.01. The Morgan fingerprint density at radius 2 is 1.64 bits per heavy atom. The summed E-state index contributed by atoms with van der Waals surface area (Å²) in [5.41, 5.74) is 6.84. The second kappa shape index (κ2) is 8.49. The maximum Gasteiger partial charge on any atom is 0.309 e. The molecule has 0 heterocycles. The molecular formula is C18H18N2O5. The lowest BCUT2D eigenvalue weighted by molar-refractivity contribution is -0.139. The van der Waals surface area contributed by atoms with E-state index in [9.17, 15) is 14.4 Å². The van der Waals surface area contributed by atoms with Gasteiger partial charge >= 0.3 is 5.97 Å². The molecule has 0 fully saturated rings. The van der Waals surface area contributed by atoms with Gasteiger partial charge in [0.1, 0.15) is 5.75 Å². The molecule has 0 unspecified atom stereocenters. The van der Waals surface area contributed by atoms with E-state index in [2.05, 4.69) is 10.1 Å². The SMILES string of the molecule is COC(=O)Cc1ccc(OCC(=O)Nc2ccc(C(N)=O)cc2)cc1. The van der Waals surface area contributed by atoms with Gasteiger partial charge in [-0.2, -0.15) is 0 Å². The van der Waals surface area contributed by atoms with E-state index in [-0.39, 0.29) is 24.9 Å². The molecule has 2 amide bonds. The Labute approximate surface area is 144 Å². The number of anilines is 1. The predicted octanol–water partition coefficient (Wildman–Crippen LogP) is 1.52. The third-order valence-electron chi connectivity index (χ3n) is 3.32. The van der Waals surface area contributed by atoms with Gasteiger partial charge in [-0.3, -0.25) is 14.4 Å². The fraction of sp³-hybridized carbons (Fsp3) is 0.167. The molecule has 3 N–H and O–H groups in total. The van der Waals surface area contributed by atoms with Gasteiger partial charge in [0.2, 0.25) is 5.91 Å². The van der Waals surface area contributed by atoms with Crippen molar-refractivity contribution in [3.63, 3.8) is 0 Å². The Morgan fingerprint density at radius 1 is 1.00 bits per heavy atom. The number of esters is 1. The van der Waals surface area contributed by atoms with Gasteiger partial charge in [0, 0.05) is 11.3 Å². The highest BCUT2D eigenvalue weighted by molar-refractivity contribution is 5.95. The number of nitrogens with two attached hydrogens (primary N) is 1. The predicted molar refractivity (Wildman–Crippen MR) is 91.2 cm³/mol. The van der Waals surface area contributed by atoms with Crippen molar-refractivity contribution >= 4 is 23.5 Å². The lowest BCUT2D eigenvalue weighted by atomic mass is 10.1. The number of nitrogens with one attached hydrogen (secondary N) is 1. The molecule has 0 radical (unpaired) electrons. The molecular weight excluding hydrogens is 324 g/mol. The maximum absolute atomic E-state index is 11.9. The highest BCUT2D eigenvalue weighted by Gasteiger charge is 2.06. The van der Waals surface area contributed by atoms with Crippen LogP contribution in [0.1, 0.15) is 15.9 Å². The number of carbonyl (C=O) groups is 3. The van der Waals surface area contributed by atoms with Crippen LogP contribution in [0.4, 0.5) is 5.69 Å². The Balaban J connectivity index is 1.83. The Bertz CT molecular complexity index is 754. The second-order valence-electron chi connectivity index (χ2n) is 5.18. The number of methoxy groups -OCH3 is 1. The van der Waals surface area contributed by atoms with Crippen LogP contribution >= 0.6 is 0 Å². The van der Waals surface area contributed by atoms with E-state index in [0.717, 1.165) is 5.56 Å². The summed E-state index contributed by atoms with van der Waals surface area (Å²) in [5, 5.41) is 2.65. The number of primary amides is 1. The lowest BCUT2D eigenvalue weighted by Crippen LogP contribution is -2.20. The Morgan fingerprint density at radius 3 is 2.20 bits per heavy atom. The van der Waals surface area contributed by atoms with Crippen LogP contribution in [-0.2, 0) is 20.7 Å². The summed E-state index contributed by atoms with van der Waals surface area (Å²) < 4.78 is 9.98. The number of ether oxygens (including phenoxy) is 2. The minimum atomic E-state index is -0.531. The molecule has 0 aliphatic rings. The normalized spacial score (nSPS) is 9.96. The summed E-state index contributed by atoms with van der Waals surface area (Å²) in [7, 11) is 1.33. The van der Waals surface area contributed by atoms with Gasteiger partial charge in [0.25, 0.3) is 5.91 Å². The molecule has 0 bridgehead atoms. The first-order valence-electron chi connectivity index (χ1n) is 7.46. The van der Waals surface area contributed by atoms with Crippen molar-refractivity contribution in [2.75, 3.05) is 19.0 Å². The molecule has 0 saturated carbocycles. The smallest absolute Gasteiger partial charge is 0.309 e. The van der Waals surface area contributed by atoms with Crippen LogP contribution < -0.4 is 15.8 Å². The number of carbonyl (C=O) groups excluding carboxylic acids is 3. The molecule has 0 saturated heterocycles. The van der Waals surface area contributed by atoms with E-state index in [1.807, 2.05) is 0 Å². The molecule has 2 aromatic rings. The first kappa shape index (κ1) is 18.0. The Kier molecular flexibility index (Phi) is 6.11. The van der Waals surface area contributed by atoms with Gasteiger partial charge < -0.3 is 20.5 Å². The van der Waals surface area contributed by atoms with Gasteiger partial charge in [-0.25, -0.2) is 0 Å². The summed E-state index contributed by atoms with van der Waals surface area (Å²) in [4.78, 5) is 34.0. The third-order valence-corrected chi connectivity index (χ3v) is 3.32. The van der Waals surface area contributed by atoms with Crippen LogP contribution in [0, 0.1) is 0 Å². The number of hydrogen-bond donors (Lipinski definition) is 2. The molecule has 0 aromatic heterocycles. The van der Waals surface area contributed by atoms with Gasteiger partial charge in [-0.1, -0.05) is 12.1 Å². The van der Waals surface area contributed by atoms with E-state index in [4.69, 9.17) is 10.5 Å². The van der Waals surface area contributed by atoms with Gasteiger partial charge in [0.05, 0.1) is 13.5 Å². The molecule has 2 rings (SSSR count). The average molecular weight is 342 g/mol. The topological polar surface area (TPSA) is 108 Å². The van der Waals surface area contributed by atoms with E-state index in [1.165, 1.54) is 19.2 Å². The fourth-order valence-electron chi connectivity index (χ4n) is 2.01. The standard InChI is InChI=1S/C18H18N2O5/c1-24-17(22)10-12-2-8-15(9-3-12)25-11-16(21)20-14-6-4-13(5-7-14)18(19)23/h2-9H,10-11H2,1H3,(H2,19,23)(H,20,21). The molecule has 25 heavy (non-hydrogen) atoms. The monoisotopic (exact) mass is 342 g/mol. The number of rotatable bonds is 7. The molecule has 0 aliphatic heterocycles. The summed E-state index contributed by atoms with van der Waals surface area (Å²) >= 11 is 0. The van der Waals surface area contributed by atoms with Crippen LogP contribution in [0.2, 0.25) is 0 Å². The molecule has 0 spiro atoms. The van der Waals surface area contributed by atoms with E-state index >= 15 is 0 Å². The first-order valence-corrected chi connectivity index (χ1v) is 7.46. The average Bonchev–Trinajstić information content (AvgIpc) is 2.61. The van der Waals surface area contributed by atoms with Gasteiger partial charge in [0.15, 0.2) is 6.61 Å². The van der Waals surface area contributed by atoms with Crippen molar-refractivity contribution in [1.82, 2.24) is 0 Å². The van der Waals surface area contributed by atoms with Crippen LogP contribution in [0.3, 0.4) is 0 Å². The van der Waals surface area contributed by atoms with E-state index < -0.39 is 5.91 Å². The molecule has 7 nitrogen and oxygen atoms in total. The molecule has 2 aromatic carbocycles. The summed E-state index contributed by atoms with van der Waals surface area (Å²) in [6, 6.07) is 13.0. The van der Waals surface area contributed by atoms with Gasteiger partial charge in [-0.05, 0) is 42.0 Å². The summed E-state index contributed by atoms with van der Waals surface area (Å²) in [6.45, 7) is -0.173. The van der Waals surface area contributed by atoms with Crippen molar-refractivity contribution in [1.29, 1.82) is 0 Å². The number of benzene rings is 2. The maximum atomic E-state index is 11.9. The van der Waals surface area contributed by atoms with Crippen LogP contribution in [0.25, 0.3) is 0 Å². The van der Waals surface area contributed by atoms with Crippen LogP contribution in [0.15, 0.2) is 48.5 Å². The Hall–Kier alpha value is -3.35. The first-order chi connectivity index (χ1) is 12.0. The molecule has 7 heteroatoms. The van der Waals surface area contributed by atoms with Crippen molar-refractivity contribution in [3.05, 3.63) is 59.7 Å². The molecule has 0 atom stereocenters. The zero-order chi connectivity index (χ0) is 18.2.